The Labute approximate surface area is 169 Å². The molecular weight excluding hydrogens is 388 g/mol. The quantitative estimate of drug-likeness (QED) is 0.456. The van der Waals surface area contributed by atoms with Crippen LogP contribution in [0.4, 0.5) is 0 Å². The number of hydrogen-bond donors (Lipinski definition) is 0. The molecule has 146 valence electrons. The molecule has 0 aromatic heterocycles. The first kappa shape index (κ1) is 19.0. The summed E-state index contributed by atoms with van der Waals surface area (Å²) in [5, 5.41) is 0. The van der Waals surface area contributed by atoms with Crippen molar-refractivity contribution < 1.29 is 22.1 Å². The predicted octanol–water partition coefficient (Wildman–Crippen LogP) is 4.63. The zero-order valence-electron chi connectivity index (χ0n) is 15.7. The molecule has 6 heteroatoms. The predicted molar refractivity (Wildman–Crippen MR) is 109 cm³/mol. The van der Waals surface area contributed by atoms with Crippen LogP contribution in [0, 0.1) is 0 Å². The van der Waals surface area contributed by atoms with Crippen molar-refractivity contribution in [2.45, 2.75) is 18.2 Å². The molecule has 0 fully saturated rings. The molecule has 0 aliphatic carbocycles. The van der Waals surface area contributed by atoms with Gasteiger partial charge in [-0.3, -0.25) is 4.79 Å². The molecule has 0 saturated carbocycles. The van der Waals surface area contributed by atoms with Crippen LogP contribution in [0.25, 0.3) is 6.08 Å². The average molecular weight is 406 g/mol. The summed E-state index contributed by atoms with van der Waals surface area (Å²) >= 11 is 0. The van der Waals surface area contributed by atoms with Gasteiger partial charge >= 0.3 is 10.1 Å². The maximum atomic E-state index is 12.6. The fourth-order valence-electron chi connectivity index (χ4n) is 2.98. The van der Waals surface area contributed by atoms with Gasteiger partial charge in [0.1, 0.15) is 16.4 Å². The molecule has 0 amide bonds. The topological polar surface area (TPSA) is 69.7 Å². The van der Waals surface area contributed by atoms with Crippen molar-refractivity contribution in [3.05, 3.63) is 95.2 Å². The smallest absolute Gasteiger partial charge is 0.339 e. The van der Waals surface area contributed by atoms with E-state index in [0.29, 0.717) is 5.56 Å². The van der Waals surface area contributed by atoms with Crippen LogP contribution >= 0.6 is 0 Å². The molecule has 4 rings (SSSR count). The van der Waals surface area contributed by atoms with Gasteiger partial charge in [0.2, 0.25) is 5.78 Å². The summed E-state index contributed by atoms with van der Waals surface area (Å²) in [7, 11) is -3.97. The summed E-state index contributed by atoms with van der Waals surface area (Å²) < 4.78 is 35.6. The lowest BCUT2D eigenvalue weighted by Gasteiger charge is -2.07. The summed E-state index contributed by atoms with van der Waals surface area (Å²) in [6, 6.07) is 20.1. The molecule has 0 bridgehead atoms. The van der Waals surface area contributed by atoms with Crippen molar-refractivity contribution in [3.63, 3.8) is 0 Å². The highest BCUT2D eigenvalue weighted by atomic mass is 32.2. The van der Waals surface area contributed by atoms with Crippen molar-refractivity contribution >= 4 is 22.0 Å². The minimum atomic E-state index is -3.97. The van der Waals surface area contributed by atoms with E-state index in [4.69, 9.17) is 8.92 Å². The van der Waals surface area contributed by atoms with E-state index in [1.54, 1.807) is 24.3 Å². The molecule has 1 aliphatic rings. The highest BCUT2D eigenvalue weighted by Crippen LogP contribution is 2.35. The molecule has 0 N–H and O–H groups in total. The number of carbonyl (C=O) groups excluding carboxylic acids is 1. The number of ether oxygens (including phenoxy) is 1. The first-order valence-electron chi connectivity index (χ1n) is 9.13. The lowest BCUT2D eigenvalue weighted by molar-refractivity contribution is 0.101. The number of ketones is 1. The minimum Gasteiger partial charge on any atom is -0.452 e. The van der Waals surface area contributed by atoms with Gasteiger partial charge in [-0.15, -0.1) is 0 Å². The zero-order valence-corrected chi connectivity index (χ0v) is 16.5. The number of Topliss-reactive ketones (excluding diaryl/α,β-unsaturated/α-hetero) is 1. The second-order valence-electron chi connectivity index (χ2n) is 6.54. The highest BCUT2D eigenvalue weighted by Gasteiger charge is 2.28. The first-order chi connectivity index (χ1) is 14.0. The number of carbonyl (C=O) groups is 1. The van der Waals surface area contributed by atoms with Crippen molar-refractivity contribution in [3.8, 4) is 11.5 Å². The molecule has 0 spiro atoms. The Kier molecular flexibility index (Phi) is 4.94. The van der Waals surface area contributed by atoms with Gasteiger partial charge < -0.3 is 8.92 Å². The number of rotatable bonds is 5. The van der Waals surface area contributed by atoms with Crippen molar-refractivity contribution in [1.29, 1.82) is 0 Å². The second kappa shape index (κ2) is 7.56. The third-order valence-corrected chi connectivity index (χ3v) is 5.83. The number of hydrogen-bond acceptors (Lipinski definition) is 5. The van der Waals surface area contributed by atoms with E-state index in [1.807, 2.05) is 24.3 Å². The van der Waals surface area contributed by atoms with Gasteiger partial charge in [0.25, 0.3) is 0 Å². The van der Waals surface area contributed by atoms with Crippen LogP contribution in [0.3, 0.4) is 0 Å². The lowest BCUT2D eigenvalue weighted by Crippen LogP contribution is -2.09. The molecular formula is C23H18O5S. The normalized spacial score (nSPS) is 14.5. The van der Waals surface area contributed by atoms with E-state index in [-0.39, 0.29) is 27.9 Å². The van der Waals surface area contributed by atoms with Gasteiger partial charge in [-0.25, -0.2) is 0 Å². The Hall–Kier alpha value is -3.38. The highest BCUT2D eigenvalue weighted by molar-refractivity contribution is 7.87. The summed E-state index contributed by atoms with van der Waals surface area (Å²) in [6.45, 7) is 2.07. The lowest BCUT2D eigenvalue weighted by atomic mass is 10.1. The first-order valence-corrected chi connectivity index (χ1v) is 10.5. The number of allylic oxidation sites excluding steroid dienone is 1. The summed E-state index contributed by atoms with van der Waals surface area (Å²) in [5.41, 5.74) is 2.42. The Bertz CT molecular complexity index is 1190. The van der Waals surface area contributed by atoms with Crippen LogP contribution in [0.2, 0.25) is 0 Å². The Balaban J connectivity index is 1.58. The van der Waals surface area contributed by atoms with Crippen LogP contribution in [0.5, 0.6) is 11.5 Å². The standard InChI is InChI=1S/C23H18O5S/c1-2-16-8-10-17(11-9-16)14-22-23(24)20-13-12-18(15-21(20)27-22)28-29(25,26)19-6-4-3-5-7-19/h3-15H,2H2,1H3. The second-order valence-corrected chi connectivity index (χ2v) is 8.09. The fraction of sp³-hybridized carbons (Fsp3) is 0.0870. The zero-order chi connectivity index (χ0) is 20.4. The third kappa shape index (κ3) is 3.93. The fourth-order valence-corrected chi connectivity index (χ4v) is 3.93. The molecule has 3 aromatic carbocycles. The molecule has 1 aliphatic heterocycles. The van der Waals surface area contributed by atoms with Crippen molar-refractivity contribution in [1.82, 2.24) is 0 Å². The van der Waals surface area contributed by atoms with Gasteiger partial charge in [0, 0.05) is 6.07 Å². The van der Waals surface area contributed by atoms with Crippen LogP contribution < -0.4 is 8.92 Å². The summed E-state index contributed by atoms with van der Waals surface area (Å²) in [6.07, 6.45) is 2.61. The third-order valence-electron chi connectivity index (χ3n) is 4.56. The minimum absolute atomic E-state index is 0.0496. The SMILES string of the molecule is CCc1ccc(C=C2Oc3cc(OS(=O)(=O)c4ccccc4)ccc3C2=O)cc1. The number of benzene rings is 3. The van der Waals surface area contributed by atoms with Gasteiger partial charge in [-0.1, -0.05) is 49.4 Å². The van der Waals surface area contributed by atoms with Gasteiger partial charge in [-0.05, 0) is 47.9 Å². The van der Waals surface area contributed by atoms with Gasteiger partial charge in [0.05, 0.1) is 5.56 Å². The summed E-state index contributed by atoms with van der Waals surface area (Å²) in [5.74, 6) is 0.283. The van der Waals surface area contributed by atoms with E-state index in [1.165, 1.54) is 35.9 Å². The molecule has 0 atom stereocenters. The van der Waals surface area contributed by atoms with Crippen LogP contribution in [0.1, 0.15) is 28.4 Å². The van der Waals surface area contributed by atoms with E-state index >= 15 is 0 Å². The molecule has 0 unspecified atom stereocenters. The molecule has 0 radical (unpaired) electrons. The molecule has 29 heavy (non-hydrogen) atoms. The van der Waals surface area contributed by atoms with E-state index in [9.17, 15) is 13.2 Å². The maximum Gasteiger partial charge on any atom is 0.339 e. The molecule has 5 nitrogen and oxygen atoms in total. The van der Waals surface area contributed by atoms with Crippen molar-refractivity contribution in [2.24, 2.45) is 0 Å². The van der Waals surface area contributed by atoms with Crippen LogP contribution in [-0.2, 0) is 16.5 Å². The maximum absolute atomic E-state index is 12.6. The summed E-state index contributed by atoms with van der Waals surface area (Å²) in [4.78, 5) is 12.6. The molecule has 3 aromatic rings. The van der Waals surface area contributed by atoms with Crippen molar-refractivity contribution in [2.75, 3.05) is 0 Å². The number of aryl methyl sites for hydroxylation is 1. The Morgan fingerprint density at radius 2 is 1.69 bits per heavy atom. The largest absolute Gasteiger partial charge is 0.452 e. The number of fused-ring (bicyclic) bond motifs is 1. The monoisotopic (exact) mass is 406 g/mol. The Morgan fingerprint density at radius 3 is 2.38 bits per heavy atom. The Morgan fingerprint density at radius 1 is 0.966 bits per heavy atom. The van der Waals surface area contributed by atoms with Crippen LogP contribution in [0.15, 0.2) is 83.5 Å². The van der Waals surface area contributed by atoms with E-state index < -0.39 is 10.1 Å². The molecule has 0 saturated heterocycles. The van der Waals surface area contributed by atoms with E-state index in [0.717, 1.165) is 12.0 Å². The van der Waals surface area contributed by atoms with E-state index in [2.05, 4.69) is 6.92 Å². The van der Waals surface area contributed by atoms with Gasteiger partial charge in [-0.2, -0.15) is 8.42 Å². The average Bonchev–Trinajstić information content (AvgIpc) is 3.03. The molecule has 1 heterocycles. The van der Waals surface area contributed by atoms with Gasteiger partial charge in [0.15, 0.2) is 5.76 Å². The van der Waals surface area contributed by atoms with Crippen LogP contribution in [-0.4, -0.2) is 14.2 Å².